The predicted molar refractivity (Wildman–Crippen MR) is 73.4 cm³/mol. The Hall–Kier alpha value is -0.430. The van der Waals surface area contributed by atoms with Crippen molar-refractivity contribution < 1.29 is 0 Å². The van der Waals surface area contributed by atoms with Crippen LogP contribution in [0.15, 0.2) is 23.1 Å². The van der Waals surface area contributed by atoms with Gasteiger partial charge in [-0.3, -0.25) is 0 Å². The molecule has 2 rings (SSSR count). The standard InChI is InChI=1S/C15H22S/c1-4-5-6-12-7-8-13-14(11-12)16-10-9-15(13,2)3/h7-8,11H,4-6,9-10H2,1-3H3. The number of hydrogen-bond donors (Lipinski definition) is 0. The van der Waals surface area contributed by atoms with Crippen molar-refractivity contribution in [3.63, 3.8) is 0 Å². The van der Waals surface area contributed by atoms with Gasteiger partial charge in [-0.1, -0.05) is 39.3 Å². The van der Waals surface area contributed by atoms with Crippen LogP contribution in [0.25, 0.3) is 0 Å². The van der Waals surface area contributed by atoms with E-state index in [4.69, 9.17) is 0 Å². The molecular formula is C15H22S. The van der Waals surface area contributed by atoms with Crippen molar-refractivity contribution >= 4 is 11.8 Å². The van der Waals surface area contributed by atoms with Gasteiger partial charge < -0.3 is 0 Å². The van der Waals surface area contributed by atoms with Crippen molar-refractivity contribution in [1.29, 1.82) is 0 Å². The molecule has 0 aliphatic carbocycles. The monoisotopic (exact) mass is 234 g/mol. The molecule has 16 heavy (non-hydrogen) atoms. The zero-order valence-electron chi connectivity index (χ0n) is 10.7. The second kappa shape index (κ2) is 4.83. The molecule has 0 amide bonds. The summed E-state index contributed by atoms with van der Waals surface area (Å²) in [7, 11) is 0. The van der Waals surface area contributed by atoms with E-state index >= 15 is 0 Å². The van der Waals surface area contributed by atoms with E-state index < -0.39 is 0 Å². The summed E-state index contributed by atoms with van der Waals surface area (Å²) in [5.41, 5.74) is 3.46. The first-order valence-electron chi connectivity index (χ1n) is 6.40. The first-order chi connectivity index (χ1) is 7.63. The Balaban J connectivity index is 2.25. The minimum absolute atomic E-state index is 0.379. The van der Waals surface area contributed by atoms with Gasteiger partial charge in [-0.15, -0.1) is 11.8 Å². The third kappa shape index (κ3) is 2.45. The summed E-state index contributed by atoms with van der Waals surface area (Å²) >= 11 is 2.04. The second-order valence-corrected chi connectivity index (χ2v) is 6.55. The van der Waals surface area contributed by atoms with Crippen molar-refractivity contribution in [3.05, 3.63) is 29.3 Å². The summed E-state index contributed by atoms with van der Waals surface area (Å²) in [6.45, 7) is 7.00. The summed E-state index contributed by atoms with van der Waals surface area (Å²) in [4.78, 5) is 1.53. The second-order valence-electron chi connectivity index (χ2n) is 5.42. The highest BCUT2D eigenvalue weighted by Crippen LogP contribution is 2.41. The molecular weight excluding hydrogens is 212 g/mol. The van der Waals surface area contributed by atoms with E-state index in [1.165, 1.54) is 41.9 Å². The summed E-state index contributed by atoms with van der Waals surface area (Å²) in [6, 6.07) is 7.13. The van der Waals surface area contributed by atoms with Gasteiger partial charge in [0.1, 0.15) is 0 Å². The largest absolute Gasteiger partial charge is 0.126 e. The predicted octanol–water partition coefficient (Wildman–Crippen LogP) is 4.80. The molecule has 1 aromatic carbocycles. The van der Waals surface area contributed by atoms with Gasteiger partial charge in [0, 0.05) is 4.90 Å². The van der Waals surface area contributed by atoms with E-state index in [2.05, 4.69) is 39.0 Å². The van der Waals surface area contributed by atoms with Crippen molar-refractivity contribution in [1.82, 2.24) is 0 Å². The first-order valence-corrected chi connectivity index (χ1v) is 7.38. The van der Waals surface area contributed by atoms with E-state index in [1.807, 2.05) is 11.8 Å². The Morgan fingerprint density at radius 3 is 2.88 bits per heavy atom. The quantitative estimate of drug-likeness (QED) is 0.723. The lowest BCUT2D eigenvalue weighted by atomic mass is 9.81. The van der Waals surface area contributed by atoms with Crippen LogP contribution in [0.2, 0.25) is 0 Å². The Labute approximate surface area is 104 Å². The fraction of sp³-hybridized carbons (Fsp3) is 0.600. The molecule has 0 atom stereocenters. The van der Waals surface area contributed by atoms with Crippen molar-refractivity contribution in [2.45, 2.75) is 56.8 Å². The molecule has 0 saturated carbocycles. The van der Waals surface area contributed by atoms with E-state index in [9.17, 15) is 0 Å². The summed E-state index contributed by atoms with van der Waals surface area (Å²) in [6.07, 6.45) is 5.15. The molecule has 0 unspecified atom stereocenters. The topological polar surface area (TPSA) is 0 Å². The van der Waals surface area contributed by atoms with Crippen molar-refractivity contribution in [3.8, 4) is 0 Å². The van der Waals surface area contributed by atoms with Crippen LogP contribution in [0.1, 0.15) is 51.2 Å². The average molecular weight is 234 g/mol. The molecule has 0 N–H and O–H groups in total. The van der Waals surface area contributed by atoms with Gasteiger partial charge in [0.15, 0.2) is 0 Å². The van der Waals surface area contributed by atoms with Gasteiger partial charge in [0.25, 0.3) is 0 Å². The SMILES string of the molecule is CCCCc1ccc2c(c1)SCCC2(C)C. The van der Waals surface area contributed by atoms with Crippen LogP contribution in [-0.2, 0) is 11.8 Å². The highest BCUT2D eigenvalue weighted by molar-refractivity contribution is 7.99. The van der Waals surface area contributed by atoms with E-state index in [1.54, 1.807) is 5.56 Å². The van der Waals surface area contributed by atoms with Gasteiger partial charge in [0.05, 0.1) is 0 Å². The molecule has 1 aromatic rings. The molecule has 0 spiro atoms. The minimum Gasteiger partial charge on any atom is -0.126 e. The van der Waals surface area contributed by atoms with Crippen LogP contribution in [0.4, 0.5) is 0 Å². The van der Waals surface area contributed by atoms with Crippen LogP contribution >= 0.6 is 11.8 Å². The van der Waals surface area contributed by atoms with Gasteiger partial charge in [-0.2, -0.15) is 0 Å². The lowest BCUT2D eigenvalue weighted by molar-refractivity contribution is 0.493. The zero-order chi connectivity index (χ0) is 11.6. The molecule has 0 nitrogen and oxygen atoms in total. The molecule has 0 radical (unpaired) electrons. The third-order valence-electron chi connectivity index (χ3n) is 3.58. The number of fused-ring (bicyclic) bond motifs is 1. The highest BCUT2D eigenvalue weighted by Gasteiger charge is 2.27. The normalized spacial score (nSPS) is 18.2. The van der Waals surface area contributed by atoms with Crippen LogP contribution in [0.5, 0.6) is 0 Å². The van der Waals surface area contributed by atoms with Crippen molar-refractivity contribution in [2.75, 3.05) is 5.75 Å². The first kappa shape index (κ1) is 12.0. The van der Waals surface area contributed by atoms with Gasteiger partial charge >= 0.3 is 0 Å². The van der Waals surface area contributed by atoms with Crippen LogP contribution < -0.4 is 0 Å². The van der Waals surface area contributed by atoms with Crippen LogP contribution in [-0.4, -0.2) is 5.75 Å². The number of hydrogen-bond acceptors (Lipinski definition) is 1. The molecule has 0 saturated heterocycles. The van der Waals surface area contributed by atoms with E-state index in [-0.39, 0.29) is 0 Å². The Morgan fingerprint density at radius 1 is 1.31 bits per heavy atom. The maximum absolute atomic E-state index is 2.43. The zero-order valence-corrected chi connectivity index (χ0v) is 11.5. The van der Waals surface area contributed by atoms with Crippen LogP contribution in [0, 0.1) is 0 Å². The molecule has 88 valence electrons. The molecule has 0 fully saturated rings. The number of unbranched alkanes of at least 4 members (excludes halogenated alkanes) is 1. The summed E-state index contributed by atoms with van der Waals surface area (Å²) in [5.74, 6) is 1.28. The fourth-order valence-corrected chi connectivity index (χ4v) is 3.90. The van der Waals surface area contributed by atoms with Crippen LogP contribution in [0.3, 0.4) is 0 Å². The molecule has 1 aliphatic heterocycles. The maximum atomic E-state index is 2.43. The molecule has 1 aliphatic rings. The lowest BCUT2D eigenvalue weighted by Gasteiger charge is -2.32. The van der Waals surface area contributed by atoms with E-state index in [0.29, 0.717) is 5.41 Å². The Morgan fingerprint density at radius 2 is 2.12 bits per heavy atom. The fourth-order valence-electron chi connectivity index (χ4n) is 2.33. The number of aryl methyl sites for hydroxylation is 1. The smallest absolute Gasteiger partial charge is 0.0112 e. The molecule has 1 heteroatoms. The molecule has 1 heterocycles. The number of thioether (sulfide) groups is 1. The maximum Gasteiger partial charge on any atom is 0.0112 e. The Bertz CT molecular complexity index is 366. The lowest BCUT2D eigenvalue weighted by Crippen LogP contribution is -2.22. The molecule has 0 bridgehead atoms. The summed E-state index contributed by atoms with van der Waals surface area (Å²) in [5, 5.41) is 0. The van der Waals surface area contributed by atoms with Gasteiger partial charge in [-0.05, 0) is 47.6 Å². The van der Waals surface area contributed by atoms with E-state index in [0.717, 1.165) is 0 Å². The highest BCUT2D eigenvalue weighted by atomic mass is 32.2. The number of benzene rings is 1. The Kier molecular flexibility index (Phi) is 3.63. The molecule has 0 aromatic heterocycles. The summed E-state index contributed by atoms with van der Waals surface area (Å²) < 4.78 is 0. The van der Waals surface area contributed by atoms with Gasteiger partial charge in [-0.25, -0.2) is 0 Å². The van der Waals surface area contributed by atoms with Gasteiger partial charge in [0.2, 0.25) is 0 Å². The minimum atomic E-state index is 0.379. The third-order valence-corrected chi connectivity index (χ3v) is 4.64. The number of rotatable bonds is 3. The average Bonchev–Trinajstić information content (AvgIpc) is 2.25. The van der Waals surface area contributed by atoms with Crippen molar-refractivity contribution in [2.24, 2.45) is 0 Å².